The molecule has 35 heavy (non-hydrogen) atoms. The van der Waals surface area contributed by atoms with Gasteiger partial charge in [0, 0.05) is 26.3 Å². The lowest BCUT2D eigenvalue weighted by molar-refractivity contribution is -0.123. The lowest BCUT2D eigenvalue weighted by Crippen LogP contribution is -2.28. The van der Waals surface area contributed by atoms with Crippen LogP contribution < -0.4 is 14.8 Å². The van der Waals surface area contributed by atoms with Crippen LogP contribution in [0.25, 0.3) is 0 Å². The van der Waals surface area contributed by atoms with Gasteiger partial charge in [0.1, 0.15) is 11.6 Å². The molecule has 0 aliphatic rings. The Hall–Kier alpha value is -3.48. The van der Waals surface area contributed by atoms with E-state index >= 15 is 0 Å². The third-order valence-electron chi connectivity index (χ3n) is 4.79. The van der Waals surface area contributed by atoms with Crippen molar-refractivity contribution in [1.29, 1.82) is 0 Å². The van der Waals surface area contributed by atoms with Crippen molar-refractivity contribution < 1.29 is 30.8 Å². The number of halogens is 1. The number of hydrogen-bond donors (Lipinski definition) is 2. The molecule has 0 heterocycles. The van der Waals surface area contributed by atoms with Gasteiger partial charge in [-0.25, -0.2) is 25.5 Å². The molecule has 0 saturated heterocycles. The molecule has 3 rings (SSSR count). The van der Waals surface area contributed by atoms with Crippen LogP contribution in [0, 0.1) is 5.82 Å². The molecular weight excluding hydrogens is 497 g/mol. The smallest absolute Gasteiger partial charge is 0.261 e. The highest BCUT2D eigenvalue weighted by molar-refractivity contribution is 7.92. The molecule has 2 N–H and O–H groups in total. The van der Waals surface area contributed by atoms with E-state index in [9.17, 15) is 26.0 Å². The third-order valence-corrected chi connectivity index (χ3v) is 8.02. The maximum atomic E-state index is 13.0. The Morgan fingerprint density at radius 1 is 0.857 bits per heavy atom. The van der Waals surface area contributed by atoms with Crippen LogP contribution in [0.2, 0.25) is 0 Å². The van der Waals surface area contributed by atoms with Gasteiger partial charge in [-0.1, -0.05) is 12.1 Å². The second-order valence-corrected chi connectivity index (χ2v) is 11.4. The van der Waals surface area contributed by atoms with E-state index in [0.717, 1.165) is 16.4 Å². The first-order valence-electron chi connectivity index (χ1n) is 10.3. The summed E-state index contributed by atoms with van der Waals surface area (Å²) in [5, 5.41) is 2.66. The second kappa shape index (κ2) is 10.8. The molecule has 0 atom stereocenters. The number of carbonyl (C=O) groups excluding carboxylic acids is 1. The molecule has 0 aromatic heterocycles. The van der Waals surface area contributed by atoms with Crippen molar-refractivity contribution in [2.24, 2.45) is 0 Å². The first-order valence-corrected chi connectivity index (χ1v) is 13.2. The van der Waals surface area contributed by atoms with Crippen LogP contribution in [0.4, 0.5) is 10.1 Å². The maximum absolute atomic E-state index is 13.0. The van der Waals surface area contributed by atoms with Crippen molar-refractivity contribution in [3.05, 3.63) is 84.2 Å². The monoisotopic (exact) mass is 521 g/mol. The molecule has 0 radical (unpaired) electrons. The van der Waals surface area contributed by atoms with Gasteiger partial charge in [0.25, 0.3) is 15.9 Å². The minimum atomic E-state index is -3.88. The summed E-state index contributed by atoms with van der Waals surface area (Å²) in [5.41, 5.74) is 0.927. The van der Waals surface area contributed by atoms with Gasteiger partial charge >= 0.3 is 0 Å². The first-order chi connectivity index (χ1) is 16.5. The fourth-order valence-corrected chi connectivity index (χ4v) is 4.80. The summed E-state index contributed by atoms with van der Waals surface area (Å²) >= 11 is 0. The lowest BCUT2D eigenvalue weighted by atomic mass is 10.2. The Kier molecular flexibility index (Phi) is 8.10. The van der Waals surface area contributed by atoms with Crippen LogP contribution in [0.15, 0.2) is 82.6 Å². The van der Waals surface area contributed by atoms with Crippen molar-refractivity contribution in [2.45, 2.75) is 16.3 Å². The zero-order valence-corrected chi connectivity index (χ0v) is 20.6. The van der Waals surface area contributed by atoms with Crippen LogP contribution in [-0.2, 0) is 31.4 Å². The summed E-state index contributed by atoms with van der Waals surface area (Å²) < 4.78 is 70.9. The molecule has 0 fully saturated rings. The van der Waals surface area contributed by atoms with Gasteiger partial charge in [-0.2, -0.15) is 0 Å². The summed E-state index contributed by atoms with van der Waals surface area (Å²) in [7, 11) is -4.51. The number of anilines is 1. The molecule has 186 valence electrons. The normalized spacial score (nSPS) is 11.8. The number of carbonyl (C=O) groups is 1. The summed E-state index contributed by atoms with van der Waals surface area (Å²) in [6.45, 7) is -0.121. The molecule has 12 heteroatoms. The molecular formula is C23H24FN3O6S2. The highest BCUT2D eigenvalue weighted by atomic mass is 32.2. The van der Waals surface area contributed by atoms with Crippen LogP contribution in [-0.4, -0.2) is 47.8 Å². The average Bonchev–Trinajstić information content (AvgIpc) is 2.83. The fraction of sp³-hybridized carbons (Fsp3) is 0.174. The van der Waals surface area contributed by atoms with Crippen molar-refractivity contribution in [1.82, 2.24) is 9.62 Å². The van der Waals surface area contributed by atoms with Gasteiger partial charge in [0.05, 0.1) is 9.79 Å². The summed E-state index contributed by atoms with van der Waals surface area (Å²) in [4.78, 5) is 12.2. The van der Waals surface area contributed by atoms with Crippen LogP contribution in [0.1, 0.15) is 5.56 Å². The molecule has 0 unspecified atom stereocenters. The Morgan fingerprint density at radius 2 is 1.43 bits per heavy atom. The van der Waals surface area contributed by atoms with Crippen molar-refractivity contribution in [2.75, 3.05) is 25.4 Å². The van der Waals surface area contributed by atoms with Gasteiger partial charge in [-0.15, -0.1) is 0 Å². The molecule has 1 amide bonds. The largest absolute Gasteiger partial charge is 0.484 e. The van der Waals surface area contributed by atoms with E-state index in [2.05, 4.69) is 10.0 Å². The number of sulfonamides is 2. The molecule has 3 aromatic rings. The van der Waals surface area contributed by atoms with Crippen LogP contribution in [0.5, 0.6) is 5.75 Å². The van der Waals surface area contributed by atoms with Crippen LogP contribution in [0.3, 0.4) is 0 Å². The minimum Gasteiger partial charge on any atom is -0.484 e. The lowest BCUT2D eigenvalue weighted by Gasteiger charge is -2.12. The highest BCUT2D eigenvalue weighted by Crippen LogP contribution is 2.20. The Labute approximate surface area is 203 Å². The molecule has 0 bridgehead atoms. The number of ether oxygens (including phenoxy) is 1. The van der Waals surface area contributed by atoms with Crippen molar-refractivity contribution in [3.8, 4) is 5.75 Å². The SMILES string of the molecule is CN(C)S(=O)(=O)c1ccc(CNC(=O)COc2ccc(S(=O)(=O)Nc3ccc(F)cc3)cc2)cc1. The van der Waals surface area contributed by atoms with E-state index in [1.807, 2.05) is 0 Å². The predicted molar refractivity (Wildman–Crippen MR) is 128 cm³/mol. The predicted octanol–water partition coefficient (Wildman–Crippen LogP) is 2.57. The van der Waals surface area contributed by atoms with E-state index < -0.39 is 31.8 Å². The van der Waals surface area contributed by atoms with Crippen LogP contribution >= 0.6 is 0 Å². The van der Waals surface area contributed by atoms with Gasteiger partial charge in [-0.05, 0) is 66.2 Å². The quantitative estimate of drug-likeness (QED) is 0.423. The summed E-state index contributed by atoms with van der Waals surface area (Å²) in [6.07, 6.45) is 0. The number of nitrogens with zero attached hydrogens (tertiary/aromatic N) is 1. The zero-order chi connectivity index (χ0) is 25.6. The molecule has 3 aromatic carbocycles. The van der Waals surface area contributed by atoms with E-state index in [4.69, 9.17) is 4.74 Å². The highest BCUT2D eigenvalue weighted by Gasteiger charge is 2.17. The second-order valence-electron chi connectivity index (χ2n) is 7.58. The Morgan fingerprint density at radius 3 is 2.00 bits per heavy atom. The Bertz CT molecular complexity index is 1370. The third kappa shape index (κ3) is 7.01. The molecule has 0 saturated carbocycles. The molecule has 0 aliphatic carbocycles. The van der Waals surface area contributed by atoms with Gasteiger partial charge in [0.15, 0.2) is 6.61 Å². The first kappa shape index (κ1) is 26.1. The van der Waals surface area contributed by atoms with E-state index in [1.165, 1.54) is 62.6 Å². The standard InChI is InChI=1S/C23H24FN3O6S2/c1-27(2)35(31,32)22-11-3-17(4-12-22)15-25-23(28)16-33-20-9-13-21(14-10-20)34(29,30)26-19-7-5-18(24)6-8-19/h3-14,26H,15-16H2,1-2H3,(H,25,28). The van der Waals surface area contributed by atoms with E-state index in [1.54, 1.807) is 12.1 Å². The van der Waals surface area contributed by atoms with Gasteiger partial charge in [0.2, 0.25) is 10.0 Å². The van der Waals surface area contributed by atoms with E-state index in [0.29, 0.717) is 11.3 Å². The fourth-order valence-electron chi connectivity index (χ4n) is 2.84. The number of rotatable bonds is 10. The number of amides is 1. The van der Waals surface area contributed by atoms with Gasteiger partial charge in [-0.3, -0.25) is 9.52 Å². The Balaban J connectivity index is 1.50. The number of nitrogens with one attached hydrogen (secondary N) is 2. The summed E-state index contributed by atoms with van der Waals surface area (Å²) in [5.74, 6) is -0.601. The average molecular weight is 522 g/mol. The molecule has 0 aliphatic heterocycles. The number of hydrogen-bond acceptors (Lipinski definition) is 6. The molecule has 0 spiro atoms. The van der Waals surface area contributed by atoms with Crippen molar-refractivity contribution >= 4 is 31.6 Å². The maximum Gasteiger partial charge on any atom is 0.261 e. The number of benzene rings is 3. The topological polar surface area (TPSA) is 122 Å². The van der Waals surface area contributed by atoms with Crippen molar-refractivity contribution in [3.63, 3.8) is 0 Å². The summed E-state index contributed by atoms with van der Waals surface area (Å²) in [6, 6.07) is 16.5. The van der Waals surface area contributed by atoms with Gasteiger partial charge < -0.3 is 10.1 Å². The van der Waals surface area contributed by atoms with E-state index in [-0.39, 0.29) is 28.6 Å². The zero-order valence-electron chi connectivity index (χ0n) is 18.9. The molecule has 9 nitrogen and oxygen atoms in total. The minimum absolute atomic E-state index is 0.0293.